The molecule has 0 fully saturated rings. The van der Waals surface area contributed by atoms with Crippen molar-refractivity contribution >= 4 is 46.1 Å². The van der Waals surface area contributed by atoms with Crippen LogP contribution in [0.2, 0.25) is 5.02 Å². The number of hydrazone groups is 1. The fourth-order valence-electron chi connectivity index (χ4n) is 2.60. The van der Waals surface area contributed by atoms with E-state index in [2.05, 4.69) is 15.8 Å². The van der Waals surface area contributed by atoms with Gasteiger partial charge in [-0.1, -0.05) is 66.2 Å². The molecule has 0 saturated heterocycles. The van der Waals surface area contributed by atoms with Gasteiger partial charge in [-0.3, -0.25) is 9.59 Å². The standard InChI is InChI=1S/C21H18ClN3O2/c22-18-10-3-4-11-19(18)24-20(26)12-13-21(27)25-23-14-16-8-5-7-15-6-1-2-9-17(15)16/h1-11,14H,12-13H2,(H,24,26)(H,25,27). The van der Waals surface area contributed by atoms with Gasteiger partial charge in [0.2, 0.25) is 11.8 Å². The lowest BCUT2D eigenvalue weighted by Crippen LogP contribution is -2.20. The van der Waals surface area contributed by atoms with Crippen molar-refractivity contribution in [3.05, 3.63) is 77.3 Å². The highest BCUT2D eigenvalue weighted by atomic mass is 35.5. The van der Waals surface area contributed by atoms with Crippen LogP contribution in [0.5, 0.6) is 0 Å². The highest BCUT2D eigenvalue weighted by Crippen LogP contribution is 2.20. The van der Waals surface area contributed by atoms with Gasteiger partial charge in [0, 0.05) is 18.4 Å². The Morgan fingerprint density at radius 3 is 2.44 bits per heavy atom. The number of hydrogen-bond donors (Lipinski definition) is 2. The lowest BCUT2D eigenvalue weighted by Gasteiger charge is -2.06. The Balaban J connectivity index is 1.50. The summed E-state index contributed by atoms with van der Waals surface area (Å²) in [5, 5.41) is 9.28. The van der Waals surface area contributed by atoms with Gasteiger partial charge in [0.1, 0.15) is 0 Å². The summed E-state index contributed by atoms with van der Waals surface area (Å²) in [6.07, 6.45) is 1.67. The smallest absolute Gasteiger partial charge is 0.240 e. The molecule has 0 radical (unpaired) electrons. The van der Waals surface area contributed by atoms with Gasteiger partial charge < -0.3 is 5.32 Å². The average Bonchev–Trinajstić information content (AvgIpc) is 2.68. The van der Waals surface area contributed by atoms with E-state index in [9.17, 15) is 9.59 Å². The molecule has 27 heavy (non-hydrogen) atoms. The highest BCUT2D eigenvalue weighted by molar-refractivity contribution is 6.33. The van der Waals surface area contributed by atoms with Gasteiger partial charge in [-0.25, -0.2) is 5.43 Å². The van der Waals surface area contributed by atoms with Crippen molar-refractivity contribution in [1.82, 2.24) is 5.43 Å². The summed E-state index contributed by atoms with van der Waals surface area (Å²) in [5.41, 5.74) is 3.88. The average molecular weight is 380 g/mol. The van der Waals surface area contributed by atoms with E-state index >= 15 is 0 Å². The van der Waals surface area contributed by atoms with Crippen molar-refractivity contribution in [3.63, 3.8) is 0 Å². The van der Waals surface area contributed by atoms with Gasteiger partial charge in [0.05, 0.1) is 16.9 Å². The van der Waals surface area contributed by atoms with Crippen LogP contribution in [0.4, 0.5) is 5.69 Å². The fourth-order valence-corrected chi connectivity index (χ4v) is 2.78. The predicted octanol–water partition coefficient (Wildman–Crippen LogP) is 4.36. The minimum Gasteiger partial charge on any atom is -0.325 e. The third-order valence-electron chi connectivity index (χ3n) is 3.94. The molecular formula is C21H18ClN3O2. The number of fused-ring (bicyclic) bond motifs is 1. The second-order valence-electron chi connectivity index (χ2n) is 5.89. The van der Waals surface area contributed by atoms with Crippen LogP contribution in [-0.2, 0) is 9.59 Å². The molecule has 0 aliphatic heterocycles. The van der Waals surface area contributed by atoms with Gasteiger partial charge in [-0.2, -0.15) is 5.10 Å². The zero-order valence-electron chi connectivity index (χ0n) is 14.5. The number of benzene rings is 3. The molecule has 2 N–H and O–H groups in total. The Kier molecular flexibility index (Phi) is 6.18. The Labute approximate surface area is 162 Å². The molecule has 0 heterocycles. The lowest BCUT2D eigenvalue weighted by atomic mass is 10.1. The summed E-state index contributed by atoms with van der Waals surface area (Å²) in [6, 6.07) is 20.8. The minimum absolute atomic E-state index is 0.0309. The summed E-state index contributed by atoms with van der Waals surface area (Å²) in [5.74, 6) is -0.614. The number of rotatable bonds is 6. The fraction of sp³-hybridized carbons (Fsp3) is 0.0952. The number of amides is 2. The van der Waals surface area contributed by atoms with E-state index in [4.69, 9.17) is 11.6 Å². The zero-order valence-corrected chi connectivity index (χ0v) is 15.2. The number of halogens is 1. The first kappa shape index (κ1) is 18.6. The molecule has 5 nitrogen and oxygen atoms in total. The number of nitrogens with one attached hydrogen (secondary N) is 2. The van der Waals surface area contributed by atoms with Crippen LogP contribution in [0.3, 0.4) is 0 Å². The number of para-hydroxylation sites is 1. The second-order valence-corrected chi connectivity index (χ2v) is 6.30. The maximum atomic E-state index is 11.9. The van der Waals surface area contributed by atoms with Gasteiger partial charge in [0.25, 0.3) is 0 Å². The molecule has 2 amide bonds. The summed E-state index contributed by atoms with van der Waals surface area (Å²) in [7, 11) is 0. The van der Waals surface area contributed by atoms with Crippen LogP contribution in [0.1, 0.15) is 18.4 Å². The number of nitrogens with zero attached hydrogens (tertiary/aromatic N) is 1. The molecule has 0 bridgehead atoms. The van der Waals surface area contributed by atoms with E-state index in [0.717, 1.165) is 16.3 Å². The van der Waals surface area contributed by atoms with Crippen LogP contribution in [0.25, 0.3) is 10.8 Å². The Hall–Kier alpha value is -3.18. The van der Waals surface area contributed by atoms with Crippen LogP contribution in [0, 0.1) is 0 Å². The van der Waals surface area contributed by atoms with Crippen LogP contribution in [-0.4, -0.2) is 18.0 Å². The van der Waals surface area contributed by atoms with Crippen molar-refractivity contribution in [1.29, 1.82) is 0 Å². The van der Waals surface area contributed by atoms with Crippen LogP contribution >= 0.6 is 11.6 Å². The number of carbonyl (C=O) groups is 2. The quantitative estimate of drug-likeness (QED) is 0.493. The van der Waals surface area contributed by atoms with Gasteiger partial charge >= 0.3 is 0 Å². The molecule has 0 atom stereocenters. The molecule has 3 rings (SSSR count). The highest BCUT2D eigenvalue weighted by Gasteiger charge is 2.08. The first-order valence-corrected chi connectivity index (χ1v) is 8.85. The maximum absolute atomic E-state index is 11.9. The number of anilines is 1. The maximum Gasteiger partial charge on any atom is 0.240 e. The summed E-state index contributed by atoms with van der Waals surface area (Å²) in [4.78, 5) is 23.8. The molecule has 0 spiro atoms. The first-order valence-electron chi connectivity index (χ1n) is 8.47. The van der Waals surface area contributed by atoms with E-state index in [1.54, 1.807) is 30.5 Å². The lowest BCUT2D eigenvalue weighted by molar-refractivity contribution is -0.124. The van der Waals surface area contributed by atoms with Gasteiger partial charge in [-0.15, -0.1) is 0 Å². The van der Waals surface area contributed by atoms with Crippen molar-refractivity contribution in [2.24, 2.45) is 5.10 Å². The van der Waals surface area contributed by atoms with E-state index < -0.39 is 0 Å². The summed E-state index contributed by atoms with van der Waals surface area (Å²) in [6.45, 7) is 0. The molecule has 3 aromatic rings. The molecule has 136 valence electrons. The van der Waals surface area contributed by atoms with E-state index in [-0.39, 0.29) is 24.7 Å². The molecule has 3 aromatic carbocycles. The van der Waals surface area contributed by atoms with Crippen molar-refractivity contribution in [3.8, 4) is 0 Å². The third-order valence-corrected chi connectivity index (χ3v) is 4.27. The molecular weight excluding hydrogens is 362 g/mol. The molecule has 6 heteroatoms. The molecule has 0 unspecified atom stereocenters. The topological polar surface area (TPSA) is 70.6 Å². The Bertz CT molecular complexity index is 996. The largest absolute Gasteiger partial charge is 0.325 e. The van der Waals surface area contributed by atoms with Gasteiger partial charge in [-0.05, 0) is 22.9 Å². The van der Waals surface area contributed by atoms with Crippen LogP contribution < -0.4 is 10.7 Å². The van der Waals surface area contributed by atoms with Crippen LogP contribution in [0.15, 0.2) is 71.8 Å². The number of hydrogen-bond acceptors (Lipinski definition) is 3. The monoisotopic (exact) mass is 379 g/mol. The zero-order chi connectivity index (χ0) is 19.1. The van der Waals surface area contributed by atoms with Crippen molar-refractivity contribution in [2.45, 2.75) is 12.8 Å². The normalized spacial score (nSPS) is 10.9. The summed E-state index contributed by atoms with van der Waals surface area (Å²) < 4.78 is 0. The van der Waals surface area contributed by atoms with Crippen molar-refractivity contribution < 1.29 is 9.59 Å². The molecule has 0 saturated carbocycles. The minimum atomic E-state index is -0.333. The first-order chi connectivity index (χ1) is 13.1. The van der Waals surface area contributed by atoms with Crippen molar-refractivity contribution in [2.75, 3.05) is 5.32 Å². The number of carbonyl (C=O) groups excluding carboxylic acids is 2. The molecule has 0 aliphatic carbocycles. The second kappa shape index (κ2) is 8.96. The Morgan fingerprint density at radius 1 is 0.889 bits per heavy atom. The van der Waals surface area contributed by atoms with E-state index in [1.807, 2.05) is 42.5 Å². The predicted molar refractivity (Wildman–Crippen MR) is 109 cm³/mol. The van der Waals surface area contributed by atoms with E-state index in [1.165, 1.54) is 0 Å². The van der Waals surface area contributed by atoms with Gasteiger partial charge in [0.15, 0.2) is 0 Å². The summed E-state index contributed by atoms with van der Waals surface area (Å²) >= 11 is 5.99. The molecule has 0 aliphatic rings. The third kappa shape index (κ3) is 5.15. The molecule has 0 aromatic heterocycles. The Morgan fingerprint density at radius 2 is 1.59 bits per heavy atom. The van der Waals surface area contributed by atoms with E-state index in [0.29, 0.717) is 10.7 Å². The SMILES string of the molecule is O=C(CCC(=O)Nc1ccccc1Cl)NN=Cc1cccc2ccccc12.